The fourth-order valence-electron chi connectivity index (χ4n) is 3.59. The van der Waals surface area contributed by atoms with Crippen LogP contribution in [-0.4, -0.2) is 43.4 Å². The van der Waals surface area contributed by atoms with Crippen molar-refractivity contribution in [3.63, 3.8) is 0 Å². The molecular formula is C19H21N5OS. The summed E-state index contributed by atoms with van der Waals surface area (Å²) in [6, 6.07) is 8.63. The molecule has 2 heterocycles. The van der Waals surface area contributed by atoms with E-state index in [4.69, 9.17) is 0 Å². The van der Waals surface area contributed by atoms with Gasteiger partial charge in [-0.2, -0.15) is 5.10 Å². The highest BCUT2D eigenvalue weighted by atomic mass is 32.2. The van der Waals surface area contributed by atoms with Crippen molar-refractivity contribution in [2.24, 2.45) is 7.05 Å². The molecule has 1 aliphatic rings. The number of nitrogens with zero attached hydrogens (tertiary/aromatic N) is 5. The fourth-order valence-corrected chi connectivity index (χ4v) is 4.48. The molecule has 0 bridgehead atoms. The van der Waals surface area contributed by atoms with Crippen LogP contribution in [0.15, 0.2) is 41.8 Å². The van der Waals surface area contributed by atoms with E-state index in [1.54, 1.807) is 10.9 Å². The number of carbonyl (C=O) groups is 1. The van der Waals surface area contributed by atoms with Gasteiger partial charge in [0.2, 0.25) is 5.91 Å². The Kier molecular flexibility index (Phi) is 4.63. The van der Waals surface area contributed by atoms with Crippen LogP contribution >= 0.6 is 11.8 Å². The lowest BCUT2D eigenvalue weighted by atomic mass is 9.87. The van der Waals surface area contributed by atoms with Crippen LogP contribution in [0.2, 0.25) is 0 Å². The van der Waals surface area contributed by atoms with Gasteiger partial charge in [-0.25, -0.2) is 9.97 Å². The van der Waals surface area contributed by atoms with Gasteiger partial charge in [-0.05, 0) is 30.4 Å². The minimum Gasteiger partial charge on any atom is -0.338 e. The minimum absolute atomic E-state index is 0.118. The molecule has 1 aromatic carbocycles. The van der Waals surface area contributed by atoms with Crippen LogP contribution in [0.4, 0.5) is 0 Å². The maximum atomic E-state index is 12.8. The van der Waals surface area contributed by atoms with Crippen LogP contribution in [0, 0.1) is 0 Å². The van der Waals surface area contributed by atoms with Gasteiger partial charge in [-0.3, -0.25) is 9.48 Å². The zero-order chi connectivity index (χ0) is 18.1. The molecule has 0 saturated heterocycles. The summed E-state index contributed by atoms with van der Waals surface area (Å²) in [6.45, 7) is 0. The highest BCUT2D eigenvalue weighted by molar-refractivity contribution is 8.00. The average Bonchev–Trinajstić information content (AvgIpc) is 3.06. The first kappa shape index (κ1) is 17.0. The first-order valence-corrected chi connectivity index (χ1v) is 9.72. The van der Waals surface area contributed by atoms with Crippen molar-refractivity contribution >= 4 is 28.7 Å². The normalized spacial score (nSPS) is 16.5. The third-order valence-electron chi connectivity index (χ3n) is 5.02. The molecule has 0 N–H and O–H groups in total. The number of carbonyl (C=O) groups excluding carboxylic acids is 1. The maximum Gasteiger partial charge on any atom is 0.233 e. The van der Waals surface area contributed by atoms with Crippen molar-refractivity contribution < 1.29 is 4.79 Å². The second-order valence-electron chi connectivity index (χ2n) is 6.58. The Labute approximate surface area is 156 Å². The van der Waals surface area contributed by atoms with Crippen molar-refractivity contribution in [2.75, 3.05) is 12.8 Å². The van der Waals surface area contributed by atoms with E-state index in [9.17, 15) is 4.79 Å². The first-order valence-electron chi connectivity index (χ1n) is 8.74. The van der Waals surface area contributed by atoms with Crippen molar-refractivity contribution in [1.82, 2.24) is 24.6 Å². The van der Waals surface area contributed by atoms with E-state index in [1.165, 1.54) is 29.2 Å². The van der Waals surface area contributed by atoms with E-state index in [2.05, 4.69) is 39.3 Å². The third kappa shape index (κ3) is 3.07. The molecule has 0 spiro atoms. The summed E-state index contributed by atoms with van der Waals surface area (Å²) in [5.74, 6) is 0.475. The van der Waals surface area contributed by atoms with Crippen LogP contribution in [0.5, 0.6) is 0 Å². The SMILES string of the molecule is CN(C(=O)CSc1ncnc2c1cnn2C)C1CCCc2ccccc21. The molecule has 1 aliphatic carbocycles. The molecule has 0 saturated carbocycles. The smallest absolute Gasteiger partial charge is 0.233 e. The topological polar surface area (TPSA) is 63.9 Å². The largest absolute Gasteiger partial charge is 0.338 e. The molecule has 1 unspecified atom stereocenters. The lowest BCUT2D eigenvalue weighted by molar-refractivity contribution is -0.129. The zero-order valence-electron chi connectivity index (χ0n) is 14.9. The van der Waals surface area contributed by atoms with Crippen molar-refractivity contribution in [3.05, 3.63) is 47.9 Å². The first-order chi connectivity index (χ1) is 12.6. The van der Waals surface area contributed by atoms with Gasteiger partial charge in [0.05, 0.1) is 23.4 Å². The molecule has 0 fully saturated rings. The van der Waals surface area contributed by atoms with E-state index in [-0.39, 0.29) is 11.9 Å². The van der Waals surface area contributed by atoms with E-state index in [0.29, 0.717) is 5.75 Å². The van der Waals surface area contributed by atoms with Crippen molar-refractivity contribution in [2.45, 2.75) is 30.3 Å². The number of aromatic nitrogens is 4. The maximum absolute atomic E-state index is 12.8. The van der Waals surface area contributed by atoms with E-state index >= 15 is 0 Å². The third-order valence-corrected chi connectivity index (χ3v) is 6.01. The van der Waals surface area contributed by atoms with Crippen LogP contribution in [0.1, 0.15) is 30.0 Å². The Hall–Kier alpha value is -2.41. The predicted molar refractivity (Wildman–Crippen MR) is 102 cm³/mol. The molecule has 7 heteroatoms. The second kappa shape index (κ2) is 7.07. The van der Waals surface area contributed by atoms with Gasteiger partial charge in [0.15, 0.2) is 5.65 Å². The molecule has 1 amide bonds. The lowest BCUT2D eigenvalue weighted by Crippen LogP contribution is -2.34. The Morgan fingerprint density at radius 2 is 2.19 bits per heavy atom. The molecule has 2 aromatic heterocycles. The highest BCUT2D eigenvalue weighted by Crippen LogP contribution is 2.34. The highest BCUT2D eigenvalue weighted by Gasteiger charge is 2.26. The predicted octanol–water partition coefficient (Wildman–Crippen LogP) is 2.99. The number of thioether (sulfide) groups is 1. The van der Waals surface area contributed by atoms with Crippen LogP contribution in [0.3, 0.4) is 0 Å². The summed E-state index contributed by atoms with van der Waals surface area (Å²) in [5.41, 5.74) is 3.43. The summed E-state index contributed by atoms with van der Waals surface area (Å²) < 4.78 is 1.72. The van der Waals surface area contributed by atoms with Crippen molar-refractivity contribution in [1.29, 1.82) is 0 Å². The van der Waals surface area contributed by atoms with Gasteiger partial charge < -0.3 is 4.90 Å². The van der Waals surface area contributed by atoms with Crippen LogP contribution < -0.4 is 0 Å². The second-order valence-corrected chi connectivity index (χ2v) is 7.55. The molecule has 6 nitrogen and oxygen atoms in total. The molecule has 0 radical (unpaired) electrons. The molecular weight excluding hydrogens is 346 g/mol. The van der Waals surface area contributed by atoms with E-state index in [0.717, 1.165) is 35.3 Å². The zero-order valence-corrected chi connectivity index (χ0v) is 15.7. The van der Waals surface area contributed by atoms with Gasteiger partial charge >= 0.3 is 0 Å². The Morgan fingerprint density at radius 3 is 3.08 bits per heavy atom. The van der Waals surface area contributed by atoms with Gasteiger partial charge in [0, 0.05) is 14.1 Å². The molecule has 134 valence electrons. The van der Waals surface area contributed by atoms with Gasteiger partial charge in [0.1, 0.15) is 11.4 Å². The van der Waals surface area contributed by atoms with E-state index < -0.39 is 0 Å². The van der Waals surface area contributed by atoms with Crippen LogP contribution in [0.25, 0.3) is 11.0 Å². The summed E-state index contributed by atoms with van der Waals surface area (Å²) in [7, 11) is 3.76. The number of hydrogen-bond acceptors (Lipinski definition) is 5. The van der Waals surface area contributed by atoms with Crippen LogP contribution in [-0.2, 0) is 18.3 Å². The Bertz CT molecular complexity index is 954. The lowest BCUT2D eigenvalue weighted by Gasteiger charge is -2.33. The molecule has 3 aromatic rings. The molecule has 4 rings (SSSR count). The summed E-state index contributed by atoms with van der Waals surface area (Å²) >= 11 is 1.45. The van der Waals surface area contributed by atoms with Gasteiger partial charge in [-0.15, -0.1) is 0 Å². The summed E-state index contributed by atoms with van der Waals surface area (Å²) in [6.07, 6.45) is 6.52. The molecule has 0 aliphatic heterocycles. The number of benzene rings is 1. The quantitative estimate of drug-likeness (QED) is 0.524. The standard InChI is InChI=1S/C19H21N5OS/c1-23(16-9-5-7-13-6-3-4-8-14(13)16)17(25)11-26-19-15-10-22-24(2)18(15)20-12-21-19/h3-4,6,8,10,12,16H,5,7,9,11H2,1-2H3. The van der Waals surface area contributed by atoms with E-state index in [1.807, 2.05) is 19.0 Å². The summed E-state index contributed by atoms with van der Waals surface area (Å²) in [5, 5.41) is 5.91. The Morgan fingerprint density at radius 1 is 1.35 bits per heavy atom. The summed E-state index contributed by atoms with van der Waals surface area (Å²) in [4.78, 5) is 23.3. The molecule has 1 atom stereocenters. The van der Waals surface area contributed by atoms with Gasteiger partial charge in [-0.1, -0.05) is 36.0 Å². The Balaban J connectivity index is 1.48. The minimum atomic E-state index is 0.118. The average molecular weight is 367 g/mol. The van der Waals surface area contributed by atoms with Crippen molar-refractivity contribution in [3.8, 4) is 0 Å². The molecule has 26 heavy (non-hydrogen) atoms. The van der Waals surface area contributed by atoms with Gasteiger partial charge in [0.25, 0.3) is 0 Å². The number of amides is 1. The number of rotatable bonds is 4. The fraction of sp³-hybridized carbons (Fsp3) is 0.368. The number of aryl methyl sites for hydroxylation is 2. The number of fused-ring (bicyclic) bond motifs is 2. The monoisotopic (exact) mass is 367 g/mol. The number of hydrogen-bond donors (Lipinski definition) is 0.